The average molecular weight is 389 g/mol. The summed E-state index contributed by atoms with van der Waals surface area (Å²) in [6, 6.07) is 4.21. The summed E-state index contributed by atoms with van der Waals surface area (Å²) in [6.07, 6.45) is 1.43. The molecule has 0 aliphatic carbocycles. The van der Waals surface area contributed by atoms with Crippen molar-refractivity contribution in [2.75, 3.05) is 20.1 Å². The van der Waals surface area contributed by atoms with E-state index in [1.54, 1.807) is 0 Å². The third kappa shape index (κ3) is 5.80. The largest absolute Gasteiger partial charge is 0.359 e. The molecule has 0 saturated heterocycles. The third-order valence-electron chi connectivity index (χ3n) is 3.67. The topological polar surface area (TPSA) is 83.6 Å². The SMILES string of the molecule is CCCN(CCC)S(=O)(=O)c1cc(C(=O)CCC(=O)NC)ccc1Cl. The Morgan fingerprint density at radius 2 is 1.72 bits per heavy atom. The Morgan fingerprint density at radius 3 is 2.24 bits per heavy atom. The highest BCUT2D eigenvalue weighted by Crippen LogP contribution is 2.27. The van der Waals surface area contributed by atoms with E-state index in [2.05, 4.69) is 5.32 Å². The van der Waals surface area contributed by atoms with E-state index in [-0.39, 0.29) is 40.0 Å². The first-order valence-electron chi connectivity index (χ1n) is 8.31. The minimum atomic E-state index is -3.78. The zero-order chi connectivity index (χ0) is 19.0. The van der Waals surface area contributed by atoms with E-state index in [1.807, 2.05) is 13.8 Å². The molecule has 0 radical (unpaired) electrons. The van der Waals surface area contributed by atoms with Gasteiger partial charge in [0.2, 0.25) is 15.9 Å². The molecule has 1 aromatic carbocycles. The number of hydrogen-bond donors (Lipinski definition) is 1. The van der Waals surface area contributed by atoms with Crippen LogP contribution in [-0.2, 0) is 14.8 Å². The minimum absolute atomic E-state index is 0.00836. The molecule has 0 spiro atoms. The second-order valence-electron chi connectivity index (χ2n) is 5.65. The molecule has 6 nitrogen and oxygen atoms in total. The predicted molar refractivity (Wildman–Crippen MR) is 98.4 cm³/mol. The molecule has 1 rings (SSSR count). The van der Waals surface area contributed by atoms with E-state index in [0.717, 1.165) is 0 Å². The van der Waals surface area contributed by atoms with Crippen LogP contribution in [0.1, 0.15) is 49.9 Å². The van der Waals surface area contributed by atoms with Crippen molar-refractivity contribution < 1.29 is 18.0 Å². The van der Waals surface area contributed by atoms with Crippen LogP contribution in [0, 0.1) is 0 Å². The molecule has 0 fully saturated rings. The van der Waals surface area contributed by atoms with Gasteiger partial charge in [-0.15, -0.1) is 0 Å². The Balaban J connectivity index is 3.15. The van der Waals surface area contributed by atoms with Crippen molar-refractivity contribution in [3.05, 3.63) is 28.8 Å². The van der Waals surface area contributed by atoms with Crippen molar-refractivity contribution in [3.63, 3.8) is 0 Å². The lowest BCUT2D eigenvalue weighted by atomic mass is 10.1. The highest BCUT2D eigenvalue weighted by Gasteiger charge is 2.26. The zero-order valence-electron chi connectivity index (χ0n) is 14.8. The average Bonchev–Trinajstić information content (AvgIpc) is 2.59. The van der Waals surface area contributed by atoms with Gasteiger partial charge in [-0.1, -0.05) is 25.4 Å². The van der Waals surface area contributed by atoms with Gasteiger partial charge in [0, 0.05) is 38.5 Å². The van der Waals surface area contributed by atoms with Crippen LogP contribution in [0.2, 0.25) is 5.02 Å². The molecule has 0 aliphatic rings. The molecule has 25 heavy (non-hydrogen) atoms. The number of hydrogen-bond acceptors (Lipinski definition) is 4. The van der Waals surface area contributed by atoms with Crippen LogP contribution < -0.4 is 5.32 Å². The maximum absolute atomic E-state index is 12.9. The second-order valence-corrected chi connectivity index (χ2v) is 7.96. The van der Waals surface area contributed by atoms with Crippen molar-refractivity contribution in [1.29, 1.82) is 0 Å². The van der Waals surface area contributed by atoms with Crippen LogP contribution in [0.4, 0.5) is 0 Å². The van der Waals surface area contributed by atoms with Gasteiger partial charge in [-0.25, -0.2) is 8.42 Å². The van der Waals surface area contributed by atoms with Crippen LogP contribution in [0.15, 0.2) is 23.1 Å². The highest BCUT2D eigenvalue weighted by atomic mass is 35.5. The van der Waals surface area contributed by atoms with Crippen molar-refractivity contribution in [2.24, 2.45) is 0 Å². The summed E-state index contributed by atoms with van der Waals surface area (Å²) in [7, 11) is -2.28. The maximum atomic E-state index is 12.9. The lowest BCUT2D eigenvalue weighted by molar-refractivity contribution is -0.120. The first kappa shape index (κ1) is 21.6. The normalized spacial score (nSPS) is 11.6. The van der Waals surface area contributed by atoms with Crippen molar-refractivity contribution >= 4 is 33.3 Å². The quantitative estimate of drug-likeness (QED) is 0.624. The van der Waals surface area contributed by atoms with Crippen LogP contribution in [0.25, 0.3) is 0 Å². The minimum Gasteiger partial charge on any atom is -0.359 e. The van der Waals surface area contributed by atoms with Crippen LogP contribution in [-0.4, -0.2) is 44.6 Å². The van der Waals surface area contributed by atoms with Crippen LogP contribution >= 0.6 is 11.6 Å². The molecule has 0 heterocycles. The molecule has 0 saturated carbocycles. The summed E-state index contributed by atoms with van der Waals surface area (Å²) in [6.45, 7) is 4.58. The molecule has 0 aliphatic heterocycles. The Labute approximate surface area is 154 Å². The number of carbonyl (C=O) groups is 2. The van der Waals surface area contributed by atoms with Gasteiger partial charge in [0.25, 0.3) is 0 Å². The smallest absolute Gasteiger partial charge is 0.244 e. The number of rotatable bonds is 10. The number of carbonyl (C=O) groups excluding carboxylic acids is 2. The van der Waals surface area contributed by atoms with E-state index in [0.29, 0.717) is 25.9 Å². The summed E-state index contributed by atoms with van der Waals surface area (Å²) < 4.78 is 27.2. The summed E-state index contributed by atoms with van der Waals surface area (Å²) >= 11 is 6.10. The summed E-state index contributed by atoms with van der Waals surface area (Å²) in [5.74, 6) is -0.540. The fourth-order valence-electron chi connectivity index (χ4n) is 2.36. The Bertz CT molecular complexity index is 713. The molecular weight excluding hydrogens is 364 g/mol. The number of amides is 1. The molecule has 1 amide bonds. The van der Waals surface area contributed by atoms with E-state index in [4.69, 9.17) is 11.6 Å². The molecule has 0 bridgehead atoms. The number of nitrogens with one attached hydrogen (secondary N) is 1. The highest BCUT2D eigenvalue weighted by molar-refractivity contribution is 7.89. The monoisotopic (exact) mass is 388 g/mol. The summed E-state index contributed by atoms with van der Waals surface area (Å²) in [4.78, 5) is 23.5. The number of sulfonamides is 1. The number of ketones is 1. The van der Waals surface area contributed by atoms with Crippen LogP contribution in [0.5, 0.6) is 0 Å². The Kier molecular flexibility index (Phi) is 8.55. The van der Waals surface area contributed by atoms with Gasteiger partial charge in [-0.3, -0.25) is 9.59 Å². The Morgan fingerprint density at radius 1 is 1.12 bits per heavy atom. The fraction of sp³-hybridized carbons (Fsp3) is 0.529. The molecule has 1 aromatic rings. The van der Waals surface area contributed by atoms with Crippen LogP contribution in [0.3, 0.4) is 0 Å². The van der Waals surface area contributed by atoms with Gasteiger partial charge in [0.1, 0.15) is 4.90 Å². The van der Waals surface area contributed by atoms with Gasteiger partial charge in [0.05, 0.1) is 5.02 Å². The van der Waals surface area contributed by atoms with Crippen molar-refractivity contribution in [3.8, 4) is 0 Å². The van der Waals surface area contributed by atoms with Gasteiger partial charge in [-0.2, -0.15) is 4.31 Å². The molecule has 1 N–H and O–H groups in total. The first-order valence-corrected chi connectivity index (χ1v) is 10.1. The molecule has 0 unspecified atom stereocenters. The number of halogens is 1. The van der Waals surface area contributed by atoms with Gasteiger partial charge in [-0.05, 0) is 31.0 Å². The Hall–Kier alpha value is -1.44. The molecule has 0 atom stereocenters. The molecule has 140 valence electrons. The lowest BCUT2D eigenvalue weighted by Crippen LogP contribution is -2.32. The summed E-state index contributed by atoms with van der Waals surface area (Å²) in [5, 5.41) is 2.53. The summed E-state index contributed by atoms with van der Waals surface area (Å²) in [5.41, 5.74) is 0.236. The standard InChI is InChI=1S/C17H25ClN2O4S/c1-4-10-20(11-5-2)25(23,24)16-12-13(6-7-14(16)18)15(21)8-9-17(22)19-3/h6-7,12H,4-5,8-11H2,1-3H3,(H,19,22). The van der Waals surface area contributed by atoms with E-state index in [1.165, 1.54) is 29.6 Å². The first-order chi connectivity index (χ1) is 11.8. The van der Waals surface area contributed by atoms with Gasteiger partial charge in [0.15, 0.2) is 5.78 Å². The van der Waals surface area contributed by atoms with Gasteiger partial charge >= 0.3 is 0 Å². The van der Waals surface area contributed by atoms with Crippen molar-refractivity contribution in [2.45, 2.75) is 44.4 Å². The van der Waals surface area contributed by atoms with E-state index in [9.17, 15) is 18.0 Å². The number of Topliss-reactive ketones (excluding diaryl/α,β-unsaturated/α-hetero) is 1. The molecule has 8 heteroatoms. The lowest BCUT2D eigenvalue weighted by Gasteiger charge is -2.22. The number of benzene rings is 1. The maximum Gasteiger partial charge on any atom is 0.244 e. The zero-order valence-corrected chi connectivity index (χ0v) is 16.4. The van der Waals surface area contributed by atoms with Gasteiger partial charge < -0.3 is 5.32 Å². The van der Waals surface area contributed by atoms with E-state index >= 15 is 0 Å². The fourth-order valence-corrected chi connectivity index (χ4v) is 4.49. The third-order valence-corrected chi connectivity index (χ3v) is 6.06. The number of nitrogens with zero attached hydrogens (tertiary/aromatic N) is 1. The molecule has 0 aromatic heterocycles. The predicted octanol–water partition coefficient (Wildman–Crippen LogP) is 2.86. The molecular formula is C17H25ClN2O4S. The van der Waals surface area contributed by atoms with Crippen molar-refractivity contribution in [1.82, 2.24) is 9.62 Å². The van der Waals surface area contributed by atoms with E-state index < -0.39 is 10.0 Å². The second kappa shape index (κ2) is 9.89.